The lowest BCUT2D eigenvalue weighted by Crippen LogP contribution is -2.63. The summed E-state index contributed by atoms with van der Waals surface area (Å²) in [6.07, 6.45) is -19.9. The number of ketones is 1. The Morgan fingerprint density at radius 3 is 2.04 bits per heavy atom. The zero-order valence-electron chi connectivity index (χ0n) is 12.9. The van der Waals surface area contributed by atoms with Gasteiger partial charge in [-0.05, 0) is 0 Å². The molecule has 1 rings (SSSR count). The molecular weight excluding hydrogens is 320 g/mol. The van der Waals surface area contributed by atoms with E-state index in [1.807, 2.05) is 0 Å². The summed E-state index contributed by atoms with van der Waals surface area (Å²) >= 11 is 0. The third kappa shape index (κ3) is 4.22. The third-order valence-electron chi connectivity index (χ3n) is 3.55. The number of aliphatic hydroxyl groups excluding tert-OH is 9. The van der Waals surface area contributed by atoms with Gasteiger partial charge in [0.1, 0.15) is 54.9 Å². The van der Waals surface area contributed by atoms with Gasteiger partial charge in [0.05, 0.1) is 14.6 Å². The molecule has 9 N–H and O–H groups in total. The molecule has 0 aromatic carbocycles. The van der Waals surface area contributed by atoms with Gasteiger partial charge in [-0.25, -0.2) is 0 Å². The standard InChI is InChI=1S/C12H22O11/c13-1-3(15)5(16)7(18)9(20)11(22)12-10(21)8(19)6(17)4(2-14)23-12/h3-10,12-21H,1-2H2/t3-,4-,5-,6-,7+,8+,9-,10-,12?/m1/s1/i12D. The molecule has 1 unspecified atom stereocenters. The van der Waals surface area contributed by atoms with Crippen molar-refractivity contribution < 1.29 is 56.9 Å². The fraction of sp³-hybridized carbons (Fsp3) is 0.917. The fourth-order valence-corrected chi connectivity index (χ4v) is 2.04. The van der Waals surface area contributed by atoms with Crippen molar-refractivity contribution in [1.29, 1.82) is 0 Å². The Kier molecular flexibility index (Phi) is 6.79. The summed E-state index contributed by atoms with van der Waals surface area (Å²) in [5.41, 5.74) is 0. The van der Waals surface area contributed by atoms with Crippen molar-refractivity contribution in [3.05, 3.63) is 0 Å². The summed E-state index contributed by atoms with van der Waals surface area (Å²) in [6.45, 7) is -1.93. The van der Waals surface area contributed by atoms with E-state index in [1.54, 1.807) is 0 Å². The second-order valence-electron chi connectivity index (χ2n) is 5.17. The molecule has 0 aromatic rings. The first-order chi connectivity index (χ1) is 11.0. The van der Waals surface area contributed by atoms with Crippen molar-refractivity contribution in [3.63, 3.8) is 0 Å². The highest BCUT2D eigenvalue weighted by atomic mass is 16.5. The van der Waals surface area contributed by atoms with Gasteiger partial charge in [0.25, 0.3) is 0 Å². The quantitative estimate of drug-likeness (QED) is 0.212. The largest absolute Gasteiger partial charge is 0.394 e. The molecule has 0 bridgehead atoms. The molecule has 0 spiro atoms. The second kappa shape index (κ2) is 8.39. The van der Waals surface area contributed by atoms with Gasteiger partial charge in [0.15, 0.2) is 5.78 Å². The Bertz CT molecular complexity index is 435. The fourth-order valence-electron chi connectivity index (χ4n) is 2.04. The summed E-state index contributed by atoms with van der Waals surface area (Å²) in [5.74, 6) is -1.70. The maximum Gasteiger partial charge on any atom is 0.195 e. The van der Waals surface area contributed by atoms with Crippen LogP contribution in [0.15, 0.2) is 0 Å². The number of hydrogen-bond donors (Lipinski definition) is 9. The highest BCUT2D eigenvalue weighted by Crippen LogP contribution is 2.23. The minimum absolute atomic E-state index is 0.927. The Hall–Kier alpha value is -0.730. The SMILES string of the molecule is [2H]C1(C(=O)[C@H](O)[C@@H](O)[C@H](O)[C@H](O)CO)O[C@H](CO)[C@@H](O)[C@H](O)[C@H]1O. The van der Waals surface area contributed by atoms with Gasteiger partial charge in [-0.15, -0.1) is 0 Å². The number of carbonyl (C=O) groups is 1. The maximum absolute atomic E-state index is 12.2. The topological polar surface area (TPSA) is 208 Å². The van der Waals surface area contributed by atoms with Crippen molar-refractivity contribution in [3.8, 4) is 0 Å². The van der Waals surface area contributed by atoms with E-state index in [0.29, 0.717) is 0 Å². The van der Waals surface area contributed by atoms with Crippen LogP contribution in [-0.4, -0.2) is 120 Å². The van der Waals surface area contributed by atoms with Crippen LogP contribution in [0, 0.1) is 0 Å². The normalized spacial score (nSPS) is 40.8. The summed E-state index contributed by atoms with van der Waals surface area (Å²) in [6, 6.07) is 0. The van der Waals surface area contributed by atoms with Crippen molar-refractivity contribution >= 4 is 5.78 Å². The van der Waals surface area contributed by atoms with Crippen molar-refractivity contribution in [2.45, 2.75) is 54.9 Å². The zero-order valence-corrected chi connectivity index (χ0v) is 11.9. The first-order valence-corrected chi connectivity index (χ1v) is 6.73. The van der Waals surface area contributed by atoms with Gasteiger partial charge in [0.2, 0.25) is 0 Å². The summed E-state index contributed by atoms with van der Waals surface area (Å²) in [4.78, 5) is 12.2. The number of carbonyl (C=O) groups excluding carboxylic acids is 1. The third-order valence-corrected chi connectivity index (χ3v) is 3.55. The first-order valence-electron chi connectivity index (χ1n) is 7.23. The molecule has 136 valence electrons. The molecule has 0 saturated carbocycles. The molecule has 0 aromatic heterocycles. The van der Waals surface area contributed by atoms with Gasteiger partial charge >= 0.3 is 0 Å². The molecule has 1 heterocycles. The number of rotatable bonds is 7. The zero-order chi connectivity index (χ0) is 18.8. The summed E-state index contributed by atoms with van der Waals surface area (Å²) in [7, 11) is 0. The van der Waals surface area contributed by atoms with Crippen LogP contribution in [-0.2, 0) is 9.53 Å². The molecule has 0 radical (unpaired) electrons. The predicted molar refractivity (Wildman–Crippen MR) is 69.9 cm³/mol. The van der Waals surface area contributed by atoms with Crippen LogP contribution in [0.3, 0.4) is 0 Å². The molecule has 1 fully saturated rings. The van der Waals surface area contributed by atoms with Crippen LogP contribution < -0.4 is 0 Å². The summed E-state index contributed by atoms with van der Waals surface area (Å²) in [5, 5.41) is 84.8. The van der Waals surface area contributed by atoms with Crippen LogP contribution >= 0.6 is 0 Å². The molecule has 9 atom stereocenters. The van der Waals surface area contributed by atoms with E-state index in [-0.39, 0.29) is 0 Å². The molecule has 1 aliphatic rings. The van der Waals surface area contributed by atoms with Crippen molar-refractivity contribution in [2.75, 3.05) is 13.2 Å². The van der Waals surface area contributed by atoms with Gasteiger partial charge in [-0.1, -0.05) is 0 Å². The highest BCUT2D eigenvalue weighted by molar-refractivity contribution is 5.88. The Morgan fingerprint density at radius 2 is 1.57 bits per heavy atom. The van der Waals surface area contributed by atoms with E-state index in [4.69, 9.17) is 16.3 Å². The summed E-state index contributed by atoms with van der Waals surface area (Å²) < 4.78 is 12.6. The highest BCUT2D eigenvalue weighted by Gasteiger charge is 2.49. The number of aliphatic hydroxyl groups is 9. The van der Waals surface area contributed by atoms with E-state index in [1.165, 1.54) is 0 Å². The maximum atomic E-state index is 12.2. The van der Waals surface area contributed by atoms with E-state index < -0.39 is 73.9 Å². The van der Waals surface area contributed by atoms with Crippen molar-refractivity contribution in [2.24, 2.45) is 0 Å². The van der Waals surface area contributed by atoms with Gasteiger partial charge < -0.3 is 50.7 Å². The second-order valence-corrected chi connectivity index (χ2v) is 5.17. The van der Waals surface area contributed by atoms with Crippen LogP contribution in [0.25, 0.3) is 0 Å². The van der Waals surface area contributed by atoms with E-state index in [9.17, 15) is 40.5 Å². The van der Waals surface area contributed by atoms with Gasteiger partial charge in [-0.2, -0.15) is 0 Å². The van der Waals surface area contributed by atoms with E-state index in [2.05, 4.69) is 0 Å². The Balaban J connectivity index is 3.02. The molecule has 11 heteroatoms. The lowest BCUT2D eigenvalue weighted by Gasteiger charge is -2.40. The molecule has 23 heavy (non-hydrogen) atoms. The van der Waals surface area contributed by atoms with Crippen LogP contribution in [0.2, 0.25) is 0 Å². The predicted octanol–water partition coefficient (Wildman–Crippen LogP) is -6.17. The average Bonchev–Trinajstić information content (AvgIpc) is 2.59. The van der Waals surface area contributed by atoms with E-state index in [0.717, 1.165) is 0 Å². The van der Waals surface area contributed by atoms with Gasteiger partial charge in [0, 0.05) is 0 Å². The molecule has 1 aliphatic heterocycles. The van der Waals surface area contributed by atoms with Gasteiger partial charge in [-0.3, -0.25) is 4.79 Å². The Labute approximate surface area is 132 Å². The minimum atomic E-state index is -3.07. The number of Topliss-reactive ketones (excluding diaryl/α,β-unsaturated/α-hetero) is 1. The minimum Gasteiger partial charge on any atom is -0.394 e. The molecular formula is C12H22O11. The van der Waals surface area contributed by atoms with Crippen molar-refractivity contribution in [1.82, 2.24) is 0 Å². The van der Waals surface area contributed by atoms with Crippen LogP contribution in [0.1, 0.15) is 1.37 Å². The number of hydrogen-bond acceptors (Lipinski definition) is 11. The first kappa shape index (κ1) is 18.6. The lowest BCUT2D eigenvalue weighted by atomic mass is 9.89. The molecule has 0 amide bonds. The smallest absolute Gasteiger partial charge is 0.195 e. The monoisotopic (exact) mass is 343 g/mol. The molecule has 1 saturated heterocycles. The molecule has 0 aliphatic carbocycles. The van der Waals surface area contributed by atoms with E-state index >= 15 is 0 Å². The lowest BCUT2D eigenvalue weighted by molar-refractivity contribution is -0.231. The number of ether oxygens (including phenoxy) is 1. The van der Waals surface area contributed by atoms with Crippen LogP contribution in [0.4, 0.5) is 0 Å². The van der Waals surface area contributed by atoms with Crippen LogP contribution in [0.5, 0.6) is 0 Å². The average molecular weight is 343 g/mol. The molecule has 11 nitrogen and oxygen atoms in total. The Morgan fingerprint density at radius 1 is 1.00 bits per heavy atom.